The summed E-state index contributed by atoms with van der Waals surface area (Å²) >= 11 is 6.05. The number of nitrogens with zero attached hydrogens (tertiary/aromatic N) is 1. The number of rotatable bonds is 4. The van der Waals surface area contributed by atoms with Gasteiger partial charge in [0.2, 0.25) is 5.91 Å². The van der Waals surface area contributed by atoms with E-state index in [1.165, 1.54) is 12.5 Å². The lowest BCUT2D eigenvalue weighted by Crippen LogP contribution is -2.37. The normalized spacial score (nSPS) is 16.3. The highest BCUT2D eigenvalue weighted by Crippen LogP contribution is 2.37. The van der Waals surface area contributed by atoms with Crippen molar-refractivity contribution in [1.29, 1.82) is 0 Å². The van der Waals surface area contributed by atoms with Crippen molar-refractivity contribution in [2.45, 2.75) is 19.4 Å². The minimum absolute atomic E-state index is 0.117. The Morgan fingerprint density at radius 2 is 1.96 bits per heavy atom. The van der Waals surface area contributed by atoms with Gasteiger partial charge in [-0.3, -0.25) is 9.59 Å². The van der Waals surface area contributed by atoms with Crippen LogP contribution in [0.5, 0.6) is 0 Å². The van der Waals surface area contributed by atoms with Crippen molar-refractivity contribution in [1.82, 2.24) is 5.32 Å². The molecule has 0 radical (unpaired) electrons. The van der Waals surface area contributed by atoms with Gasteiger partial charge in [0.05, 0.1) is 0 Å². The summed E-state index contributed by atoms with van der Waals surface area (Å²) in [7, 11) is 0. The van der Waals surface area contributed by atoms with Crippen LogP contribution in [0.25, 0.3) is 0 Å². The fraction of sp³-hybridized carbons (Fsp3) is 0.222. The first-order valence-corrected chi connectivity index (χ1v) is 7.86. The summed E-state index contributed by atoms with van der Waals surface area (Å²) < 4.78 is 0. The number of anilines is 1. The predicted molar refractivity (Wildman–Crippen MR) is 90.5 cm³/mol. The van der Waals surface area contributed by atoms with Gasteiger partial charge in [0.25, 0.3) is 5.91 Å². The van der Waals surface area contributed by atoms with Gasteiger partial charge >= 0.3 is 0 Å². The zero-order chi connectivity index (χ0) is 16.4. The summed E-state index contributed by atoms with van der Waals surface area (Å²) in [5.74, 6) is -0.354. The monoisotopic (exact) mass is 328 g/mol. The predicted octanol–water partition coefficient (Wildman–Crippen LogP) is 3.11. The topological polar surface area (TPSA) is 49.4 Å². The number of hydrogen-bond donors (Lipinski definition) is 1. The van der Waals surface area contributed by atoms with E-state index in [2.05, 4.69) is 5.32 Å². The molecule has 4 nitrogen and oxygen atoms in total. The van der Waals surface area contributed by atoms with Crippen LogP contribution < -0.4 is 10.2 Å². The van der Waals surface area contributed by atoms with Crippen LogP contribution in [0.1, 0.15) is 24.1 Å². The molecule has 1 aliphatic rings. The molecule has 1 atom stereocenters. The number of carbonyl (C=O) groups is 2. The quantitative estimate of drug-likeness (QED) is 0.937. The molecule has 3 rings (SSSR count). The maximum absolute atomic E-state index is 12.7. The van der Waals surface area contributed by atoms with Gasteiger partial charge in [0, 0.05) is 29.7 Å². The molecule has 0 bridgehead atoms. The van der Waals surface area contributed by atoms with Crippen molar-refractivity contribution < 1.29 is 9.59 Å². The largest absolute Gasteiger partial charge is 0.341 e. The average molecular weight is 329 g/mol. The van der Waals surface area contributed by atoms with Crippen molar-refractivity contribution in [3.63, 3.8) is 0 Å². The van der Waals surface area contributed by atoms with Gasteiger partial charge in [-0.2, -0.15) is 0 Å². The molecule has 1 unspecified atom stereocenters. The van der Waals surface area contributed by atoms with Gasteiger partial charge in [-0.25, -0.2) is 0 Å². The molecule has 0 saturated carbocycles. The molecule has 1 N–H and O–H groups in total. The third-order valence-corrected chi connectivity index (χ3v) is 4.15. The van der Waals surface area contributed by atoms with Crippen molar-refractivity contribution in [2.24, 2.45) is 0 Å². The van der Waals surface area contributed by atoms with Crippen LogP contribution in [-0.2, 0) is 16.0 Å². The molecule has 2 amide bonds. The van der Waals surface area contributed by atoms with E-state index in [0.29, 0.717) is 11.6 Å². The number of amides is 2. The van der Waals surface area contributed by atoms with Crippen LogP contribution in [0.15, 0.2) is 48.5 Å². The maximum Gasteiger partial charge on any atom is 0.254 e. The van der Waals surface area contributed by atoms with E-state index in [9.17, 15) is 9.59 Å². The van der Waals surface area contributed by atoms with Crippen LogP contribution in [0.4, 0.5) is 5.69 Å². The molecule has 0 spiro atoms. The van der Waals surface area contributed by atoms with Gasteiger partial charge in [0.15, 0.2) is 0 Å². The fourth-order valence-corrected chi connectivity index (χ4v) is 3.05. The van der Waals surface area contributed by atoms with Crippen molar-refractivity contribution >= 4 is 29.1 Å². The Morgan fingerprint density at radius 3 is 2.65 bits per heavy atom. The Morgan fingerprint density at radius 1 is 1.22 bits per heavy atom. The smallest absolute Gasteiger partial charge is 0.254 e. The summed E-state index contributed by atoms with van der Waals surface area (Å²) in [4.78, 5) is 25.8. The summed E-state index contributed by atoms with van der Waals surface area (Å²) in [6.07, 6.45) is 0.751. The lowest BCUT2D eigenvalue weighted by molar-refractivity contribution is -0.126. The number of halogens is 1. The maximum atomic E-state index is 12.7. The third kappa shape index (κ3) is 3.22. The van der Waals surface area contributed by atoms with Crippen LogP contribution in [-0.4, -0.2) is 18.4 Å². The number of hydrogen-bond acceptors (Lipinski definition) is 2. The molecule has 1 heterocycles. The molecule has 1 aliphatic heterocycles. The minimum atomic E-state index is -0.656. The van der Waals surface area contributed by atoms with Gasteiger partial charge in [0.1, 0.15) is 6.04 Å². The second-order valence-electron chi connectivity index (χ2n) is 5.56. The zero-order valence-electron chi connectivity index (χ0n) is 12.8. The Balaban J connectivity index is 1.86. The molecule has 0 fully saturated rings. The van der Waals surface area contributed by atoms with Gasteiger partial charge in [-0.1, -0.05) is 41.9 Å². The summed E-state index contributed by atoms with van der Waals surface area (Å²) in [6, 6.07) is 14.7. The van der Waals surface area contributed by atoms with E-state index in [4.69, 9.17) is 11.6 Å². The van der Waals surface area contributed by atoms with Gasteiger partial charge in [-0.15, -0.1) is 0 Å². The average Bonchev–Trinajstić information content (AvgIpc) is 2.78. The van der Waals surface area contributed by atoms with E-state index in [0.717, 1.165) is 17.7 Å². The third-order valence-electron chi connectivity index (χ3n) is 3.92. The van der Waals surface area contributed by atoms with E-state index in [-0.39, 0.29) is 11.8 Å². The highest BCUT2D eigenvalue weighted by Gasteiger charge is 2.37. The standard InChI is InChI=1S/C18H17ClN2O2/c1-12(22)20-17-15-11-14(19)7-8-16(15)21(18(17)23)10-9-13-5-3-2-4-6-13/h2-8,11,17H,9-10H2,1H3,(H,20,22). The lowest BCUT2D eigenvalue weighted by Gasteiger charge is -2.18. The van der Waals surface area contributed by atoms with Crippen LogP contribution in [0.2, 0.25) is 5.02 Å². The second-order valence-corrected chi connectivity index (χ2v) is 6.00. The first kappa shape index (κ1) is 15.6. The number of carbonyl (C=O) groups excluding carboxylic acids is 2. The number of nitrogens with one attached hydrogen (secondary N) is 1. The van der Waals surface area contributed by atoms with Gasteiger partial charge < -0.3 is 10.2 Å². The van der Waals surface area contributed by atoms with Crippen LogP contribution >= 0.6 is 11.6 Å². The highest BCUT2D eigenvalue weighted by atomic mass is 35.5. The fourth-order valence-electron chi connectivity index (χ4n) is 2.87. The van der Waals surface area contributed by atoms with E-state index >= 15 is 0 Å². The van der Waals surface area contributed by atoms with Crippen molar-refractivity contribution in [3.8, 4) is 0 Å². The first-order chi connectivity index (χ1) is 11.1. The molecular weight excluding hydrogens is 312 g/mol. The zero-order valence-corrected chi connectivity index (χ0v) is 13.5. The molecular formula is C18H17ClN2O2. The Bertz CT molecular complexity index is 746. The molecule has 0 aromatic heterocycles. The SMILES string of the molecule is CC(=O)NC1C(=O)N(CCc2ccccc2)c2ccc(Cl)cc21. The lowest BCUT2D eigenvalue weighted by atomic mass is 10.1. The van der Waals surface area contributed by atoms with Gasteiger partial charge in [-0.05, 0) is 30.2 Å². The Labute approximate surface area is 140 Å². The first-order valence-electron chi connectivity index (χ1n) is 7.48. The van der Waals surface area contributed by atoms with Crippen LogP contribution in [0.3, 0.4) is 0 Å². The summed E-state index contributed by atoms with van der Waals surface area (Å²) in [6.45, 7) is 1.97. The van der Waals surface area contributed by atoms with Crippen LogP contribution in [0, 0.1) is 0 Å². The molecule has 2 aromatic rings. The highest BCUT2D eigenvalue weighted by molar-refractivity contribution is 6.31. The van der Waals surface area contributed by atoms with E-state index in [1.54, 1.807) is 17.0 Å². The molecule has 118 valence electrons. The Kier molecular flexibility index (Phi) is 4.35. The Hall–Kier alpha value is -2.33. The molecule has 5 heteroatoms. The molecule has 23 heavy (non-hydrogen) atoms. The van der Waals surface area contributed by atoms with Crippen molar-refractivity contribution in [2.75, 3.05) is 11.4 Å². The number of benzene rings is 2. The van der Waals surface area contributed by atoms with Crippen molar-refractivity contribution in [3.05, 3.63) is 64.7 Å². The number of fused-ring (bicyclic) bond motifs is 1. The summed E-state index contributed by atoms with van der Waals surface area (Å²) in [5.41, 5.74) is 2.73. The molecule has 0 saturated heterocycles. The van der Waals surface area contributed by atoms with E-state index < -0.39 is 6.04 Å². The minimum Gasteiger partial charge on any atom is -0.341 e. The molecule has 0 aliphatic carbocycles. The summed E-state index contributed by atoms with van der Waals surface area (Å²) in [5, 5.41) is 3.27. The molecule has 2 aromatic carbocycles. The second kappa shape index (κ2) is 6.42. The van der Waals surface area contributed by atoms with E-state index in [1.807, 2.05) is 36.4 Å².